The van der Waals surface area contributed by atoms with Crippen molar-refractivity contribution in [3.8, 4) is 6.07 Å². The van der Waals surface area contributed by atoms with Crippen molar-refractivity contribution in [1.82, 2.24) is 4.72 Å². The topological polar surface area (TPSA) is 70.0 Å². The van der Waals surface area contributed by atoms with Crippen molar-refractivity contribution in [2.75, 3.05) is 6.54 Å². The molecule has 1 N–H and O–H groups in total. The quantitative estimate of drug-likeness (QED) is 0.922. The molecular weight excluding hydrogens is 308 g/mol. The molecule has 4 saturated carbocycles. The van der Waals surface area contributed by atoms with Crippen LogP contribution in [0.5, 0.6) is 0 Å². The molecule has 4 bridgehead atoms. The van der Waals surface area contributed by atoms with Gasteiger partial charge in [-0.3, -0.25) is 0 Å². The minimum absolute atomic E-state index is 0.104. The third-order valence-electron chi connectivity index (χ3n) is 6.10. The molecule has 0 aliphatic heterocycles. The first kappa shape index (κ1) is 15.2. The van der Waals surface area contributed by atoms with E-state index < -0.39 is 10.0 Å². The van der Waals surface area contributed by atoms with Gasteiger partial charge in [-0.05, 0) is 73.8 Å². The van der Waals surface area contributed by atoms with Crippen molar-refractivity contribution in [2.45, 2.75) is 43.4 Å². The second-order valence-corrected chi connectivity index (χ2v) is 9.59. The minimum atomic E-state index is -3.62. The molecule has 0 heterocycles. The van der Waals surface area contributed by atoms with Crippen molar-refractivity contribution in [1.29, 1.82) is 5.26 Å². The van der Waals surface area contributed by atoms with Crippen LogP contribution in [0.25, 0.3) is 0 Å². The van der Waals surface area contributed by atoms with Gasteiger partial charge in [0.2, 0.25) is 10.0 Å². The van der Waals surface area contributed by atoms with E-state index in [4.69, 9.17) is 5.26 Å². The van der Waals surface area contributed by atoms with E-state index in [1.165, 1.54) is 44.6 Å². The molecule has 0 atom stereocenters. The zero-order valence-electron chi connectivity index (χ0n) is 13.2. The van der Waals surface area contributed by atoms with Crippen LogP contribution < -0.4 is 4.72 Å². The Labute approximate surface area is 137 Å². The Bertz CT molecular complexity index is 728. The lowest BCUT2D eigenvalue weighted by Crippen LogP contribution is -2.51. The number of nitrogens with one attached hydrogen (secondary N) is 1. The van der Waals surface area contributed by atoms with Gasteiger partial charge in [-0.1, -0.05) is 12.1 Å². The van der Waals surface area contributed by atoms with E-state index in [0.29, 0.717) is 6.54 Å². The van der Waals surface area contributed by atoms with E-state index in [0.717, 1.165) is 17.8 Å². The van der Waals surface area contributed by atoms with Gasteiger partial charge in [0.05, 0.1) is 10.5 Å². The Kier molecular flexibility index (Phi) is 3.51. The van der Waals surface area contributed by atoms with Crippen LogP contribution in [0.1, 0.15) is 44.1 Å². The first-order valence-electron chi connectivity index (χ1n) is 8.48. The first-order valence-corrected chi connectivity index (χ1v) is 9.97. The molecule has 4 aliphatic rings. The molecule has 0 aromatic heterocycles. The molecule has 4 fully saturated rings. The number of nitrogens with zero attached hydrogens (tertiary/aromatic N) is 1. The van der Waals surface area contributed by atoms with E-state index in [2.05, 4.69) is 4.72 Å². The van der Waals surface area contributed by atoms with E-state index in [-0.39, 0.29) is 15.9 Å². The van der Waals surface area contributed by atoms with Gasteiger partial charge in [-0.15, -0.1) is 0 Å². The SMILES string of the molecule is N#Cc1ccccc1S(=O)(=O)NCC12CC3CC(CC(C3)C1)C2. The molecule has 1 aromatic rings. The summed E-state index contributed by atoms with van der Waals surface area (Å²) in [7, 11) is -3.62. The summed E-state index contributed by atoms with van der Waals surface area (Å²) in [6, 6.07) is 8.40. The van der Waals surface area contributed by atoms with Crippen molar-refractivity contribution in [2.24, 2.45) is 23.2 Å². The standard InChI is InChI=1S/C18H22N2O2S/c19-11-16-3-1-2-4-17(16)23(21,22)20-12-18-8-13-5-14(9-18)7-15(6-13)10-18/h1-4,13-15,20H,5-10,12H2. The Balaban J connectivity index is 1.54. The smallest absolute Gasteiger partial charge is 0.211 e. The average Bonchev–Trinajstić information content (AvgIpc) is 2.52. The monoisotopic (exact) mass is 330 g/mol. The molecule has 0 saturated heterocycles. The van der Waals surface area contributed by atoms with E-state index in [1.807, 2.05) is 6.07 Å². The fraction of sp³-hybridized carbons (Fsp3) is 0.611. The van der Waals surface area contributed by atoms with Crippen LogP contribution in [0.4, 0.5) is 0 Å². The first-order chi connectivity index (χ1) is 11.0. The number of nitriles is 1. The summed E-state index contributed by atoms with van der Waals surface area (Å²) in [5.41, 5.74) is 0.370. The summed E-state index contributed by atoms with van der Waals surface area (Å²) in [5, 5.41) is 9.14. The van der Waals surface area contributed by atoms with Crippen LogP contribution in [0.2, 0.25) is 0 Å². The highest BCUT2D eigenvalue weighted by atomic mass is 32.2. The third kappa shape index (κ3) is 2.68. The van der Waals surface area contributed by atoms with Crippen LogP contribution in [-0.2, 0) is 10.0 Å². The molecule has 1 aromatic carbocycles. The Morgan fingerprint density at radius 1 is 1.09 bits per heavy atom. The zero-order valence-corrected chi connectivity index (χ0v) is 14.0. The maximum atomic E-state index is 12.6. The minimum Gasteiger partial charge on any atom is -0.211 e. The molecule has 0 unspecified atom stereocenters. The van der Waals surface area contributed by atoms with Gasteiger partial charge in [0.25, 0.3) is 0 Å². The van der Waals surface area contributed by atoms with Gasteiger partial charge in [0.1, 0.15) is 6.07 Å². The lowest BCUT2D eigenvalue weighted by molar-refractivity contribution is -0.0487. The van der Waals surface area contributed by atoms with Crippen molar-refractivity contribution in [3.63, 3.8) is 0 Å². The molecule has 0 amide bonds. The molecule has 0 radical (unpaired) electrons. The second-order valence-electron chi connectivity index (χ2n) is 7.85. The van der Waals surface area contributed by atoms with Crippen LogP contribution in [-0.4, -0.2) is 15.0 Å². The predicted octanol–water partition coefficient (Wildman–Crippen LogP) is 3.05. The number of hydrogen-bond donors (Lipinski definition) is 1. The fourth-order valence-corrected chi connectivity index (χ4v) is 6.94. The summed E-state index contributed by atoms with van der Waals surface area (Å²) in [6.07, 6.45) is 7.56. The maximum absolute atomic E-state index is 12.6. The van der Waals surface area contributed by atoms with Crippen LogP contribution in [0.15, 0.2) is 29.2 Å². The number of benzene rings is 1. The normalized spacial score (nSPS) is 35.2. The summed E-state index contributed by atoms with van der Waals surface area (Å²) < 4.78 is 28.1. The molecular formula is C18H22N2O2S. The molecule has 5 heteroatoms. The molecule has 122 valence electrons. The van der Waals surface area contributed by atoms with Gasteiger partial charge in [0.15, 0.2) is 0 Å². The Morgan fingerprint density at radius 3 is 2.22 bits per heavy atom. The van der Waals surface area contributed by atoms with Crippen molar-refractivity contribution >= 4 is 10.0 Å². The van der Waals surface area contributed by atoms with Crippen molar-refractivity contribution < 1.29 is 8.42 Å². The Morgan fingerprint density at radius 2 is 1.65 bits per heavy atom. The Hall–Kier alpha value is -1.38. The fourth-order valence-electron chi connectivity index (χ4n) is 5.63. The zero-order chi connectivity index (χ0) is 16.1. The van der Waals surface area contributed by atoms with E-state index >= 15 is 0 Å². The summed E-state index contributed by atoms with van der Waals surface area (Å²) in [4.78, 5) is 0.104. The molecule has 5 rings (SSSR count). The molecule has 4 aliphatic carbocycles. The average molecular weight is 330 g/mol. The van der Waals surface area contributed by atoms with E-state index in [1.54, 1.807) is 18.2 Å². The third-order valence-corrected chi connectivity index (χ3v) is 7.56. The molecule has 4 nitrogen and oxygen atoms in total. The van der Waals surface area contributed by atoms with E-state index in [9.17, 15) is 8.42 Å². The van der Waals surface area contributed by atoms with Gasteiger partial charge in [0, 0.05) is 6.54 Å². The van der Waals surface area contributed by atoms with Gasteiger partial charge in [-0.2, -0.15) is 5.26 Å². The molecule has 23 heavy (non-hydrogen) atoms. The molecule has 0 spiro atoms. The van der Waals surface area contributed by atoms with Crippen LogP contribution in [0, 0.1) is 34.5 Å². The largest absolute Gasteiger partial charge is 0.241 e. The van der Waals surface area contributed by atoms with Crippen LogP contribution in [0.3, 0.4) is 0 Å². The summed E-state index contributed by atoms with van der Waals surface area (Å²) in [6.45, 7) is 0.526. The maximum Gasteiger partial charge on any atom is 0.241 e. The number of sulfonamides is 1. The lowest BCUT2D eigenvalue weighted by Gasteiger charge is -2.56. The second kappa shape index (κ2) is 5.32. The highest BCUT2D eigenvalue weighted by Gasteiger charge is 2.50. The highest BCUT2D eigenvalue weighted by Crippen LogP contribution is 2.59. The van der Waals surface area contributed by atoms with Gasteiger partial charge < -0.3 is 0 Å². The lowest BCUT2D eigenvalue weighted by atomic mass is 9.50. The highest BCUT2D eigenvalue weighted by molar-refractivity contribution is 7.89. The summed E-state index contributed by atoms with van der Waals surface area (Å²) in [5.74, 6) is 2.41. The predicted molar refractivity (Wildman–Crippen MR) is 87.0 cm³/mol. The van der Waals surface area contributed by atoms with Gasteiger partial charge in [-0.25, -0.2) is 13.1 Å². The van der Waals surface area contributed by atoms with Crippen molar-refractivity contribution in [3.05, 3.63) is 29.8 Å². The number of rotatable bonds is 4. The van der Waals surface area contributed by atoms with Crippen LogP contribution >= 0.6 is 0 Å². The number of hydrogen-bond acceptors (Lipinski definition) is 3. The van der Waals surface area contributed by atoms with Gasteiger partial charge >= 0.3 is 0 Å². The summed E-state index contributed by atoms with van der Waals surface area (Å²) >= 11 is 0.